The zero-order valence-corrected chi connectivity index (χ0v) is 19.8. The lowest BCUT2D eigenvalue weighted by molar-refractivity contribution is -0.113. The molecule has 0 spiro atoms. The smallest absolute Gasteiger partial charge is 0.184 e. The van der Waals surface area contributed by atoms with Gasteiger partial charge in [-0.2, -0.15) is 0 Å². The molecule has 2 atom stereocenters. The highest BCUT2D eigenvalue weighted by Gasteiger charge is 2.48. The van der Waals surface area contributed by atoms with E-state index in [2.05, 4.69) is 12.1 Å². The third-order valence-corrected chi connectivity index (χ3v) is 7.16. The molecule has 2 aliphatic carbocycles. The number of Topliss-reactive ketones (excluding diaryl/α,β-unsaturated/α-hetero) is 1. The van der Waals surface area contributed by atoms with Gasteiger partial charge in [0, 0.05) is 22.6 Å². The Hall–Kier alpha value is -3.05. The van der Waals surface area contributed by atoms with Gasteiger partial charge < -0.3 is 19.3 Å². The Balaban J connectivity index is 1.84. The monoisotopic (exact) mass is 448 g/mol. The summed E-state index contributed by atoms with van der Waals surface area (Å²) in [7, 11) is 4.75. The number of ketones is 1. The van der Waals surface area contributed by atoms with Gasteiger partial charge in [0.05, 0.1) is 27.4 Å². The van der Waals surface area contributed by atoms with E-state index in [1.165, 1.54) is 5.56 Å². The summed E-state index contributed by atoms with van der Waals surface area (Å²) < 4.78 is 16.5. The van der Waals surface area contributed by atoms with Crippen LogP contribution in [-0.2, 0) is 11.2 Å². The Morgan fingerprint density at radius 2 is 1.70 bits per heavy atom. The molecular weight excluding hydrogens is 416 g/mol. The van der Waals surface area contributed by atoms with Crippen LogP contribution in [0.3, 0.4) is 0 Å². The fraction of sp³-hybridized carbons (Fsp3) is 0.393. The van der Waals surface area contributed by atoms with Gasteiger partial charge in [0.25, 0.3) is 0 Å². The van der Waals surface area contributed by atoms with E-state index in [0.29, 0.717) is 35.7 Å². The molecule has 2 aromatic rings. The molecule has 0 saturated heterocycles. The molecule has 1 N–H and O–H groups in total. The second kappa shape index (κ2) is 9.44. The lowest BCUT2D eigenvalue weighted by Gasteiger charge is -2.48. The molecule has 0 heterocycles. The number of hydrogen-bond donors (Lipinski definition) is 1. The molecule has 2 aliphatic rings. The molecule has 4 rings (SSSR count). The highest BCUT2D eigenvalue weighted by molar-refractivity contribution is 6.12. The summed E-state index contributed by atoms with van der Waals surface area (Å²) in [6, 6.07) is 13.8. The highest BCUT2D eigenvalue weighted by Crippen LogP contribution is 2.53. The van der Waals surface area contributed by atoms with Gasteiger partial charge in [-0.3, -0.25) is 4.79 Å². The molecule has 5 heteroatoms. The molecular formula is C28H32O5. The van der Waals surface area contributed by atoms with Crippen LogP contribution in [0, 0.1) is 5.41 Å². The summed E-state index contributed by atoms with van der Waals surface area (Å²) in [5, 5.41) is 11.3. The minimum absolute atomic E-state index is 0.0413. The van der Waals surface area contributed by atoms with Gasteiger partial charge in [-0.25, -0.2) is 0 Å². The average Bonchev–Trinajstić information content (AvgIpc) is 2.84. The first-order valence-corrected chi connectivity index (χ1v) is 11.4. The molecule has 33 heavy (non-hydrogen) atoms. The maximum atomic E-state index is 13.5. The number of methoxy groups -OCH3 is 3. The maximum Gasteiger partial charge on any atom is 0.184 e. The standard InChI is InChI=1S/C28H32O5/c1-18-22-11-8-12-26(29)28(22,16-19-9-6-5-7-10-19)17-21(27(18)30)13-20-14-24(32-3)25(33-4)15-23(20)31-2/h5-7,9-10,13-15,26,29H,8,11-12,16-17H2,1-4H3/b21-13+/t26-,28-/m0/s1. The maximum absolute atomic E-state index is 13.5. The normalized spacial score (nSPS) is 24.0. The van der Waals surface area contributed by atoms with Crippen molar-refractivity contribution >= 4 is 11.9 Å². The van der Waals surface area contributed by atoms with Gasteiger partial charge in [-0.15, -0.1) is 0 Å². The van der Waals surface area contributed by atoms with Crippen LogP contribution in [0.4, 0.5) is 0 Å². The molecule has 0 amide bonds. The van der Waals surface area contributed by atoms with Crippen LogP contribution in [0.2, 0.25) is 0 Å². The van der Waals surface area contributed by atoms with Crippen LogP contribution in [-0.4, -0.2) is 38.3 Å². The Morgan fingerprint density at radius 3 is 2.36 bits per heavy atom. The number of allylic oxidation sites excluding steroid dienone is 2. The van der Waals surface area contributed by atoms with E-state index in [1.54, 1.807) is 27.4 Å². The lowest BCUT2D eigenvalue weighted by atomic mass is 9.57. The molecule has 174 valence electrons. The molecule has 1 saturated carbocycles. The lowest BCUT2D eigenvalue weighted by Crippen LogP contribution is -2.46. The van der Waals surface area contributed by atoms with E-state index in [4.69, 9.17) is 14.2 Å². The average molecular weight is 449 g/mol. The minimum Gasteiger partial charge on any atom is -0.496 e. The molecule has 0 radical (unpaired) electrons. The van der Waals surface area contributed by atoms with Crippen LogP contribution >= 0.6 is 0 Å². The van der Waals surface area contributed by atoms with Crippen molar-refractivity contribution in [1.82, 2.24) is 0 Å². The van der Waals surface area contributed by atoms with Gasteiger partial charge in [-0.05, 0) is 62.3 Å². The van der Waals surface area contributed by atoms with E-state index in [0.717, 1.165) is 36.0 Å². The van der Waals surface area contributed by atoms with Crippen molar-refractivity contribution in [2.45, 2.75) is 45.1 Å². The molecule has 0 aromatic heterocycles. The second-order valence-electron chi connectivity index (χ2n) is 8.95. The summed E-state index contributed by atoms with van der Waals surface area (Å²) in [5.74, 6) is 1.77. The first kappa shape index (κ1) is 23.1. The third kappa shape index (κ3) is 4.18. The van der Waals surface area contributed by atoms with Gasteiger partial charge >= 0.3 is 0 Å². The van der Waals surface area contributed by atoms with E-state index in [1.807, 2.05) is 37.3 Å². The number of carbonyl (C=O) groups is 1. The zero-order chi connectivity index (χ0) is 23.6. The number of aliphatic hydroxyl groups is 1. The fourth-order valence-corrected chi connectivity index (χ4v) is 5.50. The first-order valence-electron chi connectivity index (χ1n) is 11.4. The van der Waals surface area contributed by atoms with Crippen LogP contribution in [0.1, 0.15) is 43.7 Å². The van der Waals surface area contributed by atoms with Crippen molar-refractivity contribution in [2.75, 3.05) is 21.3 Å². The number of benzene rings is 2. The summed E-state index contributed by atoms with van der Waals surface area (Å²) in [4.78, 5) is 13.5. The number of fused-ring (bicyclic) bond motifs is 1. The third-order valence-electron chi connectivity index (χ3n) is 7.16. The topological polar surface area (TPSA) is 65.0 Å². The van der Waals surface area contributed by atoms with Gasteiger partial charge in [0.15, 0.2) is 17.3 Å². The predicted molar refractivity (Wildman–Crippen MR) is 129 cm³/mol. The largest absolute Gasteiger partial charge is 0.496 e. The summed E-state index contributed by atoms with van der Waals surface area (Å²) in [6.07, 6.45) is 5.08. The van der Waals surface area contributed by atoms with Gasteiger partial charge in [0.1, 0.15) is 5.75 Å². The van der Waals surface area contributed by atoms with Crippen LogP contribution in [0.25, 0.3) is 6.08 Å². The molecule has 5 nitrogen and oxygen atoms in total. The zero-order valence-electron chi connectivity index (χ0n) is 19.8. The van der Waals surface area contributed by atoms with E-state index in [9.17, 15) is 9.90 Å². The Morgan fingerprint density at radius 1 is 1.03 bits per heavy atom. The Labute approximate surface area is 195 Å². The van der Waals surface area contributed by atoms with Crippen LogP contribution in [0.15, 0.2) is 59.2 Å². The molecule has 0 bridgehead atoms. The second-order valence-corrected chi connectivity index (χ2v) is 8.95. The Kier molecular flexibility index (Phi) is 6.61. The molecule has 2 aromatic carbocycles. The molecule has 0 aliphatic heterocycles. The van der Waals surface area contributed by atoms with Crippen molar-refractivity contribution in [1.29, 1.82) is 0 Å². The predicted octanol–water partition coefficient (Wildman–Crippen LogP) is 5.16. The number of hydrogen-bond acceptors (Lipinski definition) is 5. The summed E-state index contributed by atoms with van der Waals surface area (Å²) in [6.45, 7) is 1.91. The van der Waals surface area contributed by atoms with Gasteiger partial charge in [-0.1, -0.05) is 35.9 Å². The van der Waals surface area contributed by atoms with Crippen molar-refractivity contribution in [3.63, 3.8) is 0 Å². The van der Waals surface area contributed by atoms with Crippen molar-refractivity contribution in [3.8, 4) is 17.2 Å². The minimum atomic E-state index is -0.500. The van der Waals surface area contributed by atoms with Crippen LogP contribution in [0.5, 0.6) is 17.2 Å². The number of rotatable bonds is 6. The van der Waals surface area contributed by atoms with Crippen molar-refractivity contribution in [3.05, 3.63) is 70.3 Å². The Bertz CT molecular complexity index is 1100. The molecule has 1 fully saturated rings. The number of carbonyl (C=O) groups excluding carboxylic acids is 1. The summed E-state index contributed by atoms with van der Waals surface area (Å²) in [5.41, 5.74) is 4.00. The number of ether oxygens (including phenoxy) is 3. The van der Waals surface area contributed by atoms with Gasteiger partial charge in [0.2, 0.25) is 0 Å². The van der Waals surface area contributed by atoms with Crippen molar-refractivity contribution < 1.29 is 24.1 Å². The SMILES string of the molecule is COc1cc(OC)c(OC)cc1/C=C1\C[C@@]2(Cc3ccccc3)C(=C(C)C1=O)CCC[C@@H]2O. The van der Waals surface area contributed by atoms with Crippen LogP contribution < -0.4 is 14.2 Å². The van der Waals surface area contributed by atoms with E-state index >= 15 is 0 Å². The first-order chi connectivity index (χ1) is 15.9. The van der Waals surface area contributed by atoms with Crippen molar-refractivity contribution in [2.24, 2.45) is 5.41 Å². The fourth-order valence-electron chi connectivity index (χ4n) is 5.50. The van der Waals surface area contributed by atoms with E-state index < -0.39 is 11.5 Å². The quantitative estimate of drug-likeness (QED) is 0.619. The highest BCUT2D eigenvalue weighted by atomic mass is 16.5. The number of aliphatic hydroxyl groups excluding tert-OH is 1. The summed E-state index contributed by atoms with van der Waals surface area (Å²) >= 11 is 0. The van der Waals surface area contributed by atoms with E-state index in [-0.39, 0.29) is 5.78 Å². The molecule has 0 unspecified atom stereocenters.